The van der Waals surface area contributed by atoms with Gasteiger partial charge in [-0.15, -0.1) is 0 Å². The second kappa shape index (κ2) is 2.26. The molecule has 0 saturated heterocycles. The maximum Gasteiger partial charge on any atom is 0.153 e. The van der Waals surface area contributed by atoms with Crippen LogP contribution in [-0.2, 0) is 14.4 Å². The zero-order valence-corrected chi connectivity index (χ0v) is 6.64. The van der Waals surface area contributed by atoms with Gasteiger partial charge in [-0.3, -0.25) is 14.4 Å². The molecule has 1 fully saturated rings. The molecular formula is C8H10O3. The Morgan fingerprint density at radius 1 is 1.00 bits per heavy atom. The smallest absolute Gasteiger partial charge is 0.153 e. The summed E-state index contributed by atoms with van der Waals surface area (Å²) in [4.78, 5) is 32.9. The summed E-state index contributed by atoms with van der Waals surface area (Å²) in [6.07, 6.45) is -0.141. The summed E-state index contributed by atoms with van der Waals surface area (Å²) in [5.41, 5.74) is -0.923. The lowest BCUT2D eigenvalue weighted by molar-refractivity contribution is -0.145. The van der Waals surface area contributed by atoms with Gasteiger partial charge in [0.2, 0.25) is 0 Å². The minimum atomic E-state index is -0.923. The van der Waals surface area contributed by atoms with Crippen LogP contribution in [-0.4, -0.2) is 17.3 Å². The van der Waals surface area contributed by atoms with Crippen molar-refractivity contribution in [1.82, 2.24) is 0 Å². The van der Waals surface area contributed by atoms with E-state index in [1.165, 1.54) is 0 Å². The summed E-state index contributed by atoms with van der Waals surface area (Å²) < 4.78 is 0. The van der Waals surface area contributed by atoms with Gasteiger partial charge >= 0.3 is 0 Å². The van der Waals surface area contributed by atoms with Gasteiger partial charge in [-0.2, -0.15) is 0 Å². The molecule has 1 rings (SSSR count). The molecule has 1 aliphatic carbocycles. The van der Waals surface area contributed by atoms with Crippen LogP contribution in [0.15, 0.2) is 0 Å². The van der Waals surface area contributed by atoms with E-state index in [0.29, 0.717) is 0 Å². The van der Waals surface area contributed by atoms with Crippen LogP contribution >= 0.6 is 0 Å². The minimum absolute atomic E-state index is 0.0707. The zero-order chi connectivity index (χ0) is 8.65. The van der Waals surface area contributed by atoms with Gasteiger partial charge in [-0.25, -0.2) is 0 Å². The summed E-state index contributed by atoms with van der Waals surface area (Å²) in [6.45, 7) is 3.15. The van der Waals surface area contributed by atoms with E-state index in [4.69, 9.17) is 0 Å². The normalized spacial score (nSPS) is 24.0. The van der Waals surface area contributed by atoms with Crippen molar-refractivity contribution in [2.75, 3.05) is 0 Å². The van der Waals surface area contributed by atoms with E-state index >= 15 is 0 Å². The van der Waals surface area contributed by atoms with Crippen molar-refractivity contribution in [2.24, 2.45) is 5.41 Å². The molecule has 0 N–H and O–H groups in total. The third-order valence-electron chi connectivity index (χ3n) is 2.11. The van der Waals surface area contributed by atoms with Crippen LogP contribution in [0.3, 0.4) is 0 Å². The highest BCUT2D eigenvalue weighted by Gasteiger charge is 2.41. The van der Waals surface area contributed by atoms with Gasteiger partial charge in [0.25, 0.3) is 0 Å². The highest BCUT2D eigenvalue weighted by atomic mass is 16.2. The molecule has 0 unspecified atom stereocenters. The van der Waals surface area contributed by atoms with Gasteiger partial charge in [0.1, 0.15) is 5.78 Å². The molecule has 1 saturated carbocycles. The van der Waals surface area contributed by atoms with Gasteiger partial charge < -0.3 is 0 Å². The van der Waals surface area contributed by atoms with Gasteiger partial charge in [0, 0.05) is 0 Å². The van der Waals surface area contributed by atoms with Crippen LogP contribution in [0, 0.1) is 5.41 Å². The fraction of sp³-hybridized carbons (Fsp3) is 0.625. The van der Waals surface area contributed by atoms with Gasteiger partial charge in [-0.1, -0.05) is 0 Å². The van der Waals surface area contributed by atoms with E-state index in [1.807, 2.05) is 0 Å². The SMILES string of the molecule is CC1(C)C(=O)CC(=O)CC1=O. The van der Waals surface area contributed by atoms with Crippen molar-refractivity contribution < 1.29 is 14.4 Å². The standard InChI is InChI=1S/C8H10O3/c1-8(2)6(10)3-5(9)4-7(8)11/h3-4H2,1-2H3. The molecule has 0 radical (unpaired) electrons. The Bertz CT molecular complexity index is 216. The molecule has 0 amide bonds. The van der Waals surface area contributed by atoms with E-state index in [2.05, 4.69) is 0 Å². The predicted octanol–water partition coefficient (Wildman–Crippen LogP) is 0.514. The molecule has 0 bridgehead atoms. The highest BCUT2D eigenvalue weighted by Crippen LogP contribution is 2.26. The molecule has 0 aromatic heterocycles. The molecule has 0 aliphatic heterocycles. The average Bonchev–Trinajstić information content (AvgIpc) is 1.84. The lowest BCUT2D eigenvalue weighted by Crippen LogP contribution is -2.40. The van der Waals surface area contributed by atoms with Crippen molar-refractivity contribution in [3.8, 4) is 0 Å². The quantitative estimate of drug-likeness (QED) is 0.478. The summed E-state index contributed by atoms with van der Waals surface area (Å²) in [6, 6.07) is 0. The summed E-state index contributed by atoms with van der Waals surface area (Å²) in [5, 5.41) is 0. The van der Waals surface area contributed by atoms with Crippen molar-refractivity contribution in [3.05, 3.63) is 0 Å². The number of hydrogen-bond acceptors (Lipinski definition) is 3. The van der Waals surface area contributed by atoms with E-state index in [-0.39, 0.29) is 30.2 Å². The Morgan fingerprint density at radius 3 is 1.73 bits per heavy atom. The monoisotopic (exact) mass is 154 g/mol. The van der Waals surface area contributed by atoms with Crippen LogP contribution in [0.25, 0.3) is 0 Å². The molecule has 11 heavy (non-hydrogen) atoms. The predicted molar refractivity (Wildman–Crippen MR) is 38.0 cm³/mol. The van der Waals surface area contributed by atoms with E-state index in [9.17, 15) is 14.4 Å². The fourth-order valence-electron chi connectivity index (χ4n) is 1.02. The fourth-order valence-corrected chi connectivity index (χ4v) is 1.02. The molecule has 0 aromatic rings. The van der Waals surface area contributed by atoms with Gasteiger partial charge in [0.15, 0.2) is 11.6 Å². The van der Waals surface area contributed by atoms with Crippen molar-refractivity contribution in [1.29, 1.82) is 0 Å². The second-order valence-corrected chi connectivity index (χ2v) is 3.36. The highest BCUT2D eigenvalue weighted by molar-refractivity contribution is 6.22. The first kappa shape index (κ1) is 8.11. The largest absolute Gasteiger partial charge is 0.299 e. The summed E-state index contributed by atoms with van der Waals surface area (Å²) >= 11 is 0. The molecule has 1 aliphatic rings. The van der Waals surface area contributed by atoms with Crippen LogP contribution in [0.4, 0.5) is 0 Å². The van der Waals surface area contributed by atoms with E-state index < -0.39 is 5.41 Å². The summed E-state index contributed by atoms with van der Waals surface area (Å²) in [7, 11) is 0. The number of rotatable bonds is 0. The van der Waals surface area contributed by atoms with Crippen LogP contribution in [0.5, 0.6) is 0 Å². The molecule has 0 heterocycles. The minimum Gasteiger partial charge on any atom is -0.299 e. The Labute approximate surface area is 64.8 Å². The lowest BCUT2D eigenvalue weighted by Gasteiger charge is -2.24. The maximum atomic E-state index is 11.1. The topological polar surface area (TPSA) is 51.2 Å². The van der Waals surface area contributed by atoms with Crippen molar-refractivity contribution >= 4 is 17.3 Å². The zero-order valence-electron chi connectivity index (χ0n) is 6.64. The molecule has 3 nitrogen and oxygen atoms in total. The lowest BCUT2D eigenvalue weighted by atomic mass is 9.75. The number of hydrogen-bond donors (Lipinski definition) is 0. The second-order valence-electron chi connectivity index (χ2n) is 3.36. The number of carbonyl (C=O) groups excluding carboxylic acids is 3. The Morgan fingerprint density at radius 2 is 1.36 bits per heavy atom. The first-order valence-corrected chi connectivity index (χ1v) is 3.53. The summed E-state index contributed by atoms with van der Waals surface area (Å²) in [5.74, 6) is -0.753. The maximum absolute atomic E-state index is 11.1. The van der Waals surface area contributed by atoms with Crippen molar-refractivity contribution in [2.45, 2.75) is 26.7 Å². The van der Waals surface area contributed by atoms with Gasteiger partial charge in [0.05, 0.1) is 18.3 Å². The van der Waals surface area contributed by atoms with Crippen LogP contribution in [0.2, 0.25) is 0 Å². The first-order valence-electron chi connectivity index (χ1n) is 3.53. The Balaban J connectivity index is 2.93. The Hall–Kier alpha value is -0.990. The third-order valence-corrected chi connectivity index (χ3v) is 2.11. The third kappa shape index (κ3) is 1.23. The van der Waals surface area contributed by atoms with Crippen LogP contribution in [0.1, 0.15) is 26.7 Å². The van der Waals surface area contributed by atoms with E-state index in [0.717, 1.165) is 0 Å². The number of ketones is 3. The Kier molecular flexibility index (Phi) is 1.66. The molecule has 0 spiro atoms. The number of carbonyl (C=O) groups is 3. The molecule has 60 valence electrons. The molecule has 0 aromatic carbocycles. The number of Topliss-reactive ketones (excluding diaryl/α,β-unsaturated/α-hetero) is 3. The molecule has 0 atom stereocenters. The first-order chi connectivity index (χ1) is 4.94. The van der Waals surface area contributed by atoms with Gasteiger partial charge in [-0.05, 0) is 13.8 Å². The van der Waals surface area contributed by atoms with Crippen molar-refractivity contribution in [3.63, 3.8) is 0 Å². The molecule has 3 heteroatoms. The average molecular weight is 154 g/mol. The van der Waals surface area contributed by atoms with E-state index in [1.54, 1.807) is 13.8 Å². The van der Waals surface area contributed by atoms with Crippen LogP contribution < -0.4 is 0 Å². The molecular weight excluding hydrogens is 144 g/mol.